The van der Waals surface area contributed by atoms with Crippen LogP contribution < -0.4 is 22.3 Å². The molecule has 0 aliphatic heterocycles. The third-order valence-corrected chi connectivity index (χ3v) is 5.31. The first-order chi connectivity index (χ1) is 16.3. The molecular formula is C24H21N7O3. The van der Waals surface area contributed by atoms with Gasteiger partial charge in [0.2, 0.25) is 0 Å². The molecule has 0 spiro atoms. The van der Waals surface area contributed by atoms with Crippen LogP contribution in [-0.2, 0) is 6.54 Å². The van der Waals surface area contributed by atoms with E-state index in [1.807, 2.05) is 53.6 Å². The van der Waals surface area contributed by atoms with E-state index in [0.717, 1.165) is 22.3 Å². The Bertz CT molecular complexity index is 1520. The molecule has 1 amide bonds. The minimum absolute atomic E-state index is 0.279. The number of anilines is 1. The number of H-pyrrole nitrogens is 2. The molecular weight excluding hydrogens is 434 g/mol. The van der Waals surface area contributed by atoms with Crippen LogP contribution in [0.3, 0.4) is 0 Å². The minimum atomic E-state index is -0.820. The van der Waals surface area contributed by atoms with Crippen molar-refractivity contribution in [2.75, 3.05) is 5.73 Å². The van der Waals surface area contributed by atoms with Crippen molar-refractivity contribution >= 4 is 11.6 Å². The van der Waals surface area contributed by atoms with Crippen LogP contribution in [0.2, 0.25) is 0 Å². The molecule has 4 aromatic rings. The van der Waals surface area contributed by atoms with Gasteiger partial charge in [0.25, 0.3) is 11.5 Å². The summed E-state index contributed by atoms with van der Waals surface area (Å²) in [4.78, 5) is 40.0. The largest absolute Gasteiger partial charge is 0.392 e. The fourth-order valence-corrected chi connectivity index (χ4v) is 3.54. The lowest BCUT2D eigenvalue weighted by Gasteiger charge is -2.15. The number of hydrogen-bond acceptors (Lipinski definition) is 6. The summed E-state index contributed by atoms with van der Waals surface area (Å²) in [5.41, 5.74) is 7.54. The van der Waals surface area contributed by atoms with Crippen molar-refractivity contribution in [3.05, 3.63) is 104 Å². The highest BCUT2D eigenvalue weighted by Gasteiger charge is 2.17. The minimum Gasteiger partial charge on any atom is -0.392 e. The van der Waals surface area contributed by atoms with Gasteiger partial charge in [0.15, 0.2) is 0 Å². The standard InChI is InChI=1S/C24H21N7O3/c1-14(28-23(33)21-20(26)22(32)30-24(34)29-21)17-6-3-7-18(9-17)19-11-27-31(13-19)12-16-5-2-4-15(8-16)10-25/h2-9,11,13-14H,12,26H2,1H3,(H,28,33)(H2,29,30,32,34). The van der Waals surface area contributed by atoms with Gasteiger partial charge in [0, 0.05) is 11.8 Å². The van der Waals surface area contributed by atoms with E-state index >= 15 is 0 Å². The molecule has 1 unspecified atom stereocenters. The van der Waals surface area contributed by atoms with Crippen LogP contribution in [0.25, 0.3) is 11.1 Å². The second-order valence-electron chi connectivity index (χ2n) is 7.76. The normalized spacial score (nSPS) is 11.5. The molecule has 10 nitrogen and oxygen atoms in total. The Labute approximate surface area is 193 Å². The number of hydrogen-bond donors (Lipinski definition) is 4. The summed E-state index contributed by atoms with van der Waals surface area (Å²) in [6.45, 7) is 2.31. The summed E-state index contributed by atoms with van der Waals surface area (Å²) >= 11 is 0. The van der Waals surface area contributed by atoms with E-state index in [4.69, 9.17) is 11.0 Å². The Morgan fingerprint density at radius 1 is 1.18 bits per heavy atom. The highest BCUT2D eigenvalue weighted by Crippen LogP contribution is 2.23. The lowest BCUT2D eigenvalue weighted by atomic mass is 10.0. The van der Waals surface area contributed by atoms with Gasteiger partial charge in [-0.15, -0.1) is 0 Å². The van der Waals surface area contributed by atoms with Crippen LogP contribution in [-0.4, -0.2) is 25.7 Å². The molecule has 0 radical (unpaired) electrons. The number of nitrogen functional groups attached to an aromatic ring is 1. The van der Waals surface area contributed by atoms with Gasteiger partial charge in [-0.05, 0) is 41.8 Å². The highest BCUT2D eigenvalue weighted by molar-refractivity contribution is 5.97. The first kappa shape index (κ1) is 22.3. The lowest BCUT2D eigenvalue weighted by Crippen LogP contribution is -2.34. The molecule has 0 saturated heterocycles. The molecule has 5 N–H and O–H groups in total. The number of benzene rings is 2. The van der Waals surface area contributed by atoms with E-state index in [1.165, 1.54) is 0 Å². The Morgan fingerprint density at radius 2 is 1.97 bits per heavy atom. The molecule has 1 atom stereocenters. The highest BCUT2D eigenvalue weighted by atomic mass is 16.2. The molecule has 2 aromatic carbocycles. The summed E-state index contributed by atoms with van der Waals surface area (Å²) in [6, 6.07) is 16.6. The van der Waals surface area contributed by atoms with Crippen molar-refractivity contribution in [3.63, 3.8) is 0 Å². The topological polar surface area (TPSA) is 162 Å². The average Bonchev–Trinajstić information content (AvgIpc) is 3.30. The number of nitrogens with one attached hydrogen (secondary N) is 3. The summed E-state index contributed by atoms with van der Waals surface area (Å²) in [7, 11) is 0. The number of nitrogens with zero attached hydrogens (tertiary/aromatic N) is 3. The smallest absolute Gasteiger partial charge is 0.326 e. The molecule has 2 aromatic heterocycles. The Balaban J connectivity index is 1.51. The molecule has 4 rings (SSSR count). The van der Waals surface area contributed by atoms with Crippen molar-refractivity contribution in [2.45, 2.75) is 19.5 Å². The summed E-state index contributed by atoms with van der Waals surface area (Å²) in [6.07, 6.45) is 3.65. The number of carbonyl (C=O) groups is 1. The number of nitrogens with two attached hydrogens (primary N) is 1. The number of carbonyl (C=O) groups excluding carboxylic acids is 1. The number of rotatable bonds is 6. The quantitative estimate of drug-likeness (QED) is 0.347. The monoisotopic (exact) mass is 455 g/mol. The van der Waals surface area contributed by atoms with Crippen LogP contribution in [0, 0.1) is 11.3 Å². The van der Waals surface area contributed by atoms with Gasteiger partial charge < -0.3 is 16.0 Å². The van der Waals surface area contributed by atoms with E-state index in [0.29, 0.717) is 12.1 Å². The third kappa shape index (κ3) is 4.78. The predicted octanol–water partition coefficient (Wildman–Crippen LogP) is 1.92. The van der Waals surface area contributed by atoms with Crippen molar-refractivity contribution in [1.82, 2.24) is 25.1 Å². The van der Waals surface area contributed by atoms with Gasteiger partial charge in [0.05, 0.1) is 30.4 Å². The van der Waals surface area contributed by atoms with Crippen LogP contribution in [0.4, 0.5) is 5.69 Å². The van der Waals surface area contributed by atoms with E-state index in [1.54, 1.807) is 23.9 Å². The average molecular weight is 455 g/mol. The maximum absolute atomic E-state index is 12.6. The van der Waals surface area contributed by atoms with Gasteiger partial charge in [-0.1, -0.05) is 30.3 Å². The fourth-order valence-electron chi connectivity index (χ4n) is 3.54. The fraction of sp³-hybridized carbons (Fsp3) is 0.125. The number of aromatic amines is 2. The molecule has 2 heterocycles. The summed E-state index contributed by atoms with van der Waals surface area (Å²) in [5.74, 6) is -0.661. The molecule has 0 bridgehead atoms. The maximum Gasteiger partial charge on any atom is 0.326 e. The van der Waals surface area contributed by atoms with E-state index in [2.05, 4.69) is 21.5 Å². The Kier molecular flexibility index (Phi) is 6.09. The predicted molar refractivity (Wildman–Crippen MR) is 126 cm³/mol. The van der Waals surface area contributed by atoms with Crippen molar-refractivity contribution in [3.8, 4) is 17.2 Å². The first-order valence-corrected chi connectivity index (χ1v) is 10.4. The van der Waals surface area contributed by atoms with Crippen molar-refractivity contribution in [2.24, 2.45) is 0 Å². The zero-order valence-electron chi connectivity index (χ0n) is 18.2. The second kappa shape index (κ2) is 9.30. The Morgan fingerprint density at radius 3 is 2.76 bits per heavy atom. The van der Waals surface area contributed by atoms with E-state index in [-0.39, 0.29) is 11.4 Å². The van der Waals surface area contributed by atoms with Gasteiger partial charge in [-0.25, -0.2) is 4.79 Å². The molecule has 170 valence electrons. The molecule has 0 aliphatic rings. The molecule has 0 aliphatic carbocycles. The van der Waals surface area contributed by atoms with Crippen LogP contribution in [0.5, 0.6) is 0 Å². The zero-order chi connectivity index (χ0) is 24.2. The number of aromatic nitrogens is 4. The van der Waals surface area contributed by atoms with Crippen molar-refractivity contribution < 1.29 is 4.79 Å². The summed E-state index contributed by atoms with van der Waals surface area (Å²) in [5, 5.41) is 16.2. The second-order valence-corrected chi connectivity index (χ2v) is 7.76. The van der Waals surface area contributed by atoms with Gasteiger partial charge >= 0.3 is 5.69 Å². The molecule has 10 heteroatoms. The molecule has 0 saturated carbocycles. The van der Waals surface area contributed by atoms with E-state index in [9.17, 15) is 14.4 Å². The third-order valence-electron chi connectivity index (χ3n) is 5.31. The molecule has 0 fully saturated rings. The van der Waals surface area contributed by atoms with Crippen molar-refractivity contribution in [1.29, 1.82) is 5.26 Å². The number of nitriles is 1. The van der Waals surface area contributed by atoms with Gasteiger partial charge in [-0.3, -0.25) is 19.3 Å². The van der Waals surface area contributed by atoms with Gasteiger partial charge in [-0.2, -0.15) is 10.4 Å². The van der Waals surface area contributed by atoms with Crippen LogP contribution >= 0.6 is 0 Å². The zero-order valence-corrected chi connectivity index (χ0v) is 18.2. The SMILES string of the molecule is CC(NC(=O)c1[nH]c(=O)[nH]c(=O)c1N)c1cccc(-c2cnn(Cc3cccc(C#N)c3)c2)c1. The maximum atomic E-state index is 12.6. The van der Waals surface area contributed by atoms with Crippen LogP contribution in [0.15, 0.2) is 70.5 Å². The lowest BCUT2D eigenvalue weighted by molar-refractivity contribution is 0.0935. The summed E-state index contributed by atoms with van der Waals surface area (Å²) < 4.78 is 1.79. The van der Waals surface area contributed by atoms with Crippen LogP contribution in [0.1, 0.15) is 40.1 Å². The first-order valence-electron chi connectivity index (χ1n) is 10.4. The Hall–Kier alpha value is -4.91. The van der Waals surface area contributed by atoms with Gasteiger partial charge in [0.1, 0.15) is 11.4 Å². The van der Waals surface area contributed by atoms with E-state index < -0.39 is 23.2 Å². The number of amides is 1. The molecule has 34 heavy (non-hydrogen) atoms.